The summed E-state index contributed by atoms with van der Waals surface area (Å²) in [6, 6.07) is 0. The average molecular weight is 190 g/mol. The van der Waals surface area contributed by atoms with Crippen LogP contribution >= 0.6 is 11.8 Å². The first kappa shape index (κ1) is 11.8. The molecule has 0 saturated carbocycles. The van der Waals surface area contributed by atoms with E-state index in [4.69, 9.17) is 0 Å². The number of rotatable bonds is 7. The molecule has 0 aliphatic rings. The molecule has 0 saturated heterocycles. The SMILES string of the molecule is CCCNCCNC(=O)CSC. The molecule has 0 spiro atoms. The number of hydrogen-bond donors (Lipinski definition) is 2. The van der Waals surface area contributed by atoms with Gasteiger partial charge in [-0.25, -0.2) is 0 Å². The van der Waals surface area contributed by atoms with Gasteiger partial charge in [0.1, 0.15) is 0 Å². The van der Waals surface area contributed by atoms with Crippen molar-refractivity contribution in [1.29, 1.82) is 0 Å². The topological polar surface area (TPSA) is 41.1 Å². The highest BCUT2D eigenvalue weighted by Gasteiger charge is 1.96. The zero-order chi connectivity index (χ0) is 9.23. The van der Waals surface area contributed by atoms with Gasteiger partial charge in [0.25, 0.3) is 0 Å². The maximum atomic E-state index is 10.9. The summed E-state index contributed by atoms with van der Waals surface area (Å²) in [5.41, 5.74) is 0. The Bertz CT molecular complexity index is 120. The van der Waals surface area contributed by atoms with Gasteiger partial charge < -0.3 is 10.6 Å². The predicted octanol–water partition coefficient (Wildman–Crippen LogP) is 0.465. The molecule has 0 radical (unpaired) electrons. The van der Waals surface area contributed by atoms with E-state index in [1.165, 1.54) is 0 Å². The Labute approximate surface area is 78.7 Å². The van der Waals surface area contributed by atoms with Gasteiger partial charge in [-0.05, 0) is 19.2 Å². The fourth-order valence-corrected chi connectivity index (χ4v) is 1.14. The quantitative estimate of drug-likeness (QED) is 0.573. The fourth-order valence-electron chi connectivity index (χ4n) is 0.774. The summed E-state index contributed by atoms with van der Waals surface area (Å²) in [6.45, 7) is 4.76. The molecular formula is C8H18N2OS. The van der Waals surface area contributed by atoms with Crippen molar-refractivity contribution < 1.29 is 4.79 Å². The number of thioether (sulfide) groups is 1. The third-order valence-electron chi connectivity index (χ3n) is 1.33. The highest BCUT2D eigenvalue weighted by molar-refractivity contribution is 7.99. The lowest BCUT2D eigenvalue weighted by Gasteiger charge is -2.04. The fraction of sp³-hybridized carbons (Fsp3) is 0.875. The van der Waals surface area contributed by atoms with E-state index in [9.17, 15) is 4.79 Å². The van der Waals surface area contributed by atoms with Crippen molar-refractivity contribution in [2.24, 2.45) is 0 Å². The molecule has 4 heteroatoms. The first-order valence-electron chi connectivity index (χ1n) is 4.27. The van der Waals surface area contributed by atoms with Crippen LogP contribution in [0.4, 0.5) is 0 Å². The van der Waals surface area contributed by atoms with Crippen molar-refractivity contribution in [2.45, 2.75) is 13.3 Å². The minimum absolute atomic E-state index is 0.126. The van der Waals surface area contributed by atoms with Gasteiger partial charge in [0, 0.05) is 13.1 Å². The Kier molecular flexibility index (Phi) is 8.71. The molecule has 12 heavy (non-hydrogen) atoms. The first-order chi connectivity index (χ1) is 5.81. The molecule has 0 rings (SSSR count). The molecule has 0 atom stereocenters. The molecule has 0 aliphatic carbocycles. The maximum Gasteiger partial charge on any atom is 0.230 e. The summed E-state index contributed by atoms with van der Waals surface area (Å²) in [7, 11) is 0. The number of nitrogens with one attached hydrogen (secondary N) is 2. The van der Waals surface area contributed by atoms with Crippen LogP contribution in [0.1, 0.15) is 13.3 Å². The van der Waals surface area contributed by atoms with E-state index in [1.807, 2.05) is 6.26 Å². The van der Waals surface area contributed by atoms with Gasteiger partial charge in [0.2, 0.25) is 5.91 Å². The number of carbonyl (C=O) groups excluding carboxylic acids is 1. The van der Waals surface area contributed by atoms with Crippen LogP contribution < -0.4 is 10.6 Å². The predicted molar refractivity (Wildman–Crippen MR) is 54.6 cm³/mol. The Morgan fingerprint density at radius 1 is 1.33 bits per heavy atom. The monoisotopic (exact) mass is 190 g/mol. The van der Waals surface area contributed by atoms with Gasteiger partial charge in [-0.3, -0.25) is 4.79 Å². The second kappa shape index (κ2) is 8.87. The van der Waals surface area contributed by atoms with Gasteiger partial charge in [-0.15, -0.1) is 0 Å². The number of hydrogen-bond acceptors (Lipinski definition) is 3. The Morgan fingerprint density at radius 3 is 2.67 bits per heavy atom. The lowest BCUT2D eigenvalue weighted by atomic mass is 10.4. The van der Waals surface area contributed by atoms with E-state index >= 15 is 0 Å². The maximum absolute atomic E-state index is 10.9. The molecule has 0 aromatic carbocycles. The van der Waals surface area contributed by atoms with E-state index < -0.39 is 0 Å². The zero-order valence-electron chi connectivity index (χ0n) is 7.85. The summed E-state index contributed by atoms with van der Waals surface area (Å²) in [4.78, 5) is 10.9. The second-order valence-corrected chi connectivity index (χ2v) is 3.40. The summed E-state index contributed by atoms with van der Waals surface area (Å²) in [5.74, 6) is 0.689. The molecule has 3 nitrogen and oxygen atoms in total. The van der Waals surface area contributed by atoms with Gasteiger partial charge in [0.05, 0.1) is 5.75 Å². The van der Waals surface area contributed by atoms with E-state index in [-0.39, 0.29) is 5.91 Å². The third-order valence-corrected chi connectivity index (χ3v) is 1.88. The normalized spacial score (nSPS) is 9.83. The Morgan fingerprint density at radius 2 is 2.08 bits per heavy atom. The van der Waals surface area contributed by atoms with Crippen LogP contribution in [0, 0.1) is 0 Å². The summed E-state index contributed by atoms with van der Waals surface area (Å²) < 4.78 is 0. The summed E-state index contributed by atoms with van der Waals surface area (Å²) >= 11 is 1.55. The van der Waals surface area contributed by atoms with E-state index in [1.54, 1.807) is 11.8 Å². The molecule has 1 amide bonds. The van der Waals surface area contributed by atoms with E-state index in [0.29, 0.717) is 5.75 Å². The molecule has 0 heterocycles. The van der Waals surface area contributed by atoms with Gasteiger partial charge in [0.15, 0.2) is 0 Å². The highest BCUT2D eigenvalue weighted by Crippen LogP contribution is 1.88. The average Bonchev–Trinajstić information content (AvgIpc) is 2.05. The van der Waals surface area contributed by atoms with Gasteiger partial charge >= 0.3 is 0 Å². The molecule has 0 bridgehead atoms. The van der Waals surface area contributed by atoms with E-state index in [2.05, 4.69) is 17.6 Å². The molecule has 0 aliphatic heterocycles. The van der Waals surface area contributed by atoms with Crippen LogP contribution in [0.5, 0.6) is 0 Å². The van der Waals surface area contributed by atoms with Crippen molar-refractivity contribution in [3.8, 4) is 0 Å². The van der Waals surface area contributed by atoms with Gasteiger partial charge in [-0.2, -0.15) is 11.8 Å². The van der Waals surface area contributed by atoms with Crippen molar-refractivity contribution in [3.63, 3.8) is 0 Å². The molecular weight excluding hydrogens is 172 g/mol. The summed E-state index contributed by atoms with van der Waals surface area (Å²) in [5, 5.41) is 6.03. The largest absolute Gasteiger partial charge is 0.354 e. The Hall–Kier alpha value is -0.220. The molecule has 2 N–H and O–H groups in total. The number of carbonyl (C=O) groups is 1. The molecule has 0 aromatic rings. The number of amides is 1. The summed E-state index contributed by atoms with van der Waals surface area (Å²) in [6.07, 6.45) is 3.06. The molecule has 0 aromatic heterocycles. The van der Waals surface area contributed by atoms with Crippen LogP contribution in [0.3, 0.4) is 0 Å². The van der Waals surface area contributed by atoms with Crippen LogP contribution in [0.15, 0.2) is 0 Å². The van der Waals surface area contributed by atoms with Crippen LogP contribution in [-0.4, -0.2) is 37.6 Å². The van der Waals surface area contributed by atoms with Crippen molar-refractivity contribution in [3.05, 3.63) is 0 Å². The lowest BCUT2D eigenvalue weighted by Crippen LogP contribution is -2.33. The third kappa shape index (κ3) is 7.88. The van der Waals surface area contributed by atoms with Gasteiger partial charge in [-0.1, -0.05) is 6.92 Å². The van der Waals surface area contributed by atoms with Crippen LogP contribution in [0.25, 0.3) is 0 Å². The standard InChI is InChI=1S/C8H18N2OS/c1-3-4-9-5-6-10-8(11)7-12-2/h9H,3-7H2,1-2H3,(H,10,11). The molecule has 72 valence electrons. The first-order valence-corrected chi connectivity index (χ1v) is 5.67. The lowest BCUT2D eigenvalue weighted by molar-refractivity contribution is -0.118. The minimum Gasteiger partial charge on any atom is -0.354 e. The van der Waals surface area contributed by atoms with Crippen LogP contribution in [-0.2, 0) is 4.79 Å². The molecule has 0 unspecified atom stereocenters. The molecule has 0 fully saturated rings. The van der Waals surface area contributed by atoms with Crippen molar-refractivity contribution >= 4 is 17.7 Å². The minimum atomic E-state index is 0.126. The van der Waals surface area contributed by atoms with Crippen LogP contribution in [0.2, 0.25) is 0 Å². The highest BCUT2D eigenvalue weighted by atomic mass is 32.2. The second-order valence-electron chi connectivity index (χ2n) is 2.53. The van der Waals surface area contributed by atoms with Crippen molar-refractivity contribution in [2.75, 3.05) is 31.6 Å². The van der Waals surface area contributed by atoms with E-state index in [0.717, 1.165) is 26.1 Å². The zero-order valence-corrected chi connectivity index (χ0v) is 8.67. The Balaban J connectivity index is 3.03. The van der Waals surface area contributed by atoms with Crippen molar-refractivity contribution in [1.82, 2.24) is 10.6 Å². The smallest absolute Gasteiger partial charge is 0.230 e.